The van der Waals surface area contributed by atoms with E-state index in [-0.39, 0.29) is 17.3 Å². The van der Waals surface area contributed by atoms with Gasteiger partial charge in [0.25, 0.3) is 0 Å². The van der Waals surface area contributed by atoms with E-state index in [1.165, 1.54) is 12.4 Å². The lowest BCUT2D eigenvalue weighted by Crippen LogP contribution is -2.52. The van der Waals surface area contributed by atoms with Crippen LogP contribution in [-0.2, 0) is 0 Å². The van der Waals surface area contributed by atoms with Crippen molar-refractivity contribution in [1.82, 2.24) is 15.3 Å². The molecule has 1 saturated heterocycles. The van der Waals surface area contributed by atoms with Crippen molar-refractivity contribution in [3.05, 3.63) is 52.7 Å². The molecule has 1 amide bonds. The highest BCUT2D eigenvalue weighted by Gasteiger charge is 2.34. The molecular weight excluding hydrogens is 373 g/mol. The molecule has 1 aromatic heterocycles. The summed E-state index contributed by atoms with van der Waals surface area (Å²) in [5.74, 6) is -3.55. The molecule has 0 unspecified atom stereocenters. The Bertz CT molecular complexity index is 839. The second-order valence-electron chi connectivity index (χ2n) is 5.88. The van der Waals surface area contributed by atoms with Crippen LogP contribution in [0.3, 0.4) is 0 Å². The molecule has 2 N–H and O–H groups in total. The van der Waals surface area contributed by atoms with Crippen LogP contribution in [0.15, 0.2) is 24.5 Å². The quantitative estimate of drug-likeness (QED) is 0.625. The van der Waals surface area contributed by atoms with Crippen LogP contribution in [0.25, 0.3) is 0 Å². The number of rotatable bonds is 3. The third-order valence-electron chi connectivity index (χ3n) is 4.30. The molecule has 0 saturated carbocycles. The van der Waals surface area contributed by atoms with Crippen LogP contribution in [0.1, 0.15) is 17.9 Å². The SMILES string of the molecule is O=C(O)N[C@H]1CN(c2cc(Cl)ncn2)CC[C@@H]1c1cc(F)c(F)cc1F. The van der Waals surface area contributed by atoms with E-state index in [0.29, 0.717) is 24.8 Å². The summed E-state index contributed by atoms with van der Waals surface area (Å²) in [7, 11) is 0. The molecular formula is C16H14ClF3N4O2. The molecule has 2 atom stereocenters. The Morgan fingerprint density at radius 1 is 1.19 bits per heavy atom. The maximum atomic E-state index is 14.2. The number of aromatic nitrogens is 2. The van der Waals surface area contributed by atoms with Gasteiger partial charge in [0.15, 0.2) is 11.6 Å². The van der Waals surface area contributed by atoms with Crippen LogP contribution in [0.5, 0.6) is 0 Å². The minimum atomic E-state index is -1.30. The van der Waals surface area contributed by atoms with Gasteiger partial charge in [-0.05, 0) is 18.1 Å². The van der Waals surface area contributed by atoms with Gasteiger partial charge in [-0.2, -0.15) is 0 Å². The molecule has 1 aromatic carbocycles. The summed E-state index contributed by atoms with van der Waals surface area (Å²) in [5, 5.41) is 11.6. The predicted molar refractivity (Wildman–Crippen MR) is 87.9 cm³/mol. The number of halogens is 4. The van der Waals surface area contributed by atoms with E-state index in [1.54, 1.807) is 4.90 Å². The molecule has 0 spiro atoms. The van der Waals surface area contributed by atoms with Gasteiger partial charge in [-0.1, -0.05) is 11.6 Å². The number of benzene rings is 1. The number of anilines is 1. The Balaban J connectivity index is 1.90. The summed E-state index contributed by atoms with van der Waals surface area (Å²) in [5.41, 5.74) is -0.0666. The summed E-state index contributed by atoms with van der Waals surface area (Å²) < 4.78 is 40.9. The van der Waals surface area contributed by atoms with E-state index < -0.39 is 35.5 Å². The van der Waals surface area contributed by atoms with Gasteiger partial charge >= 0.3 is 6.09 Å². The predicted octanol–water partition coefficient (Wildman–Crippen LogP) is 3.18. The lowest BCUT2D eigenvalue weighted by molar-refractivity contribution is 0.185. The van der Waals surface area contributed by atoms with Crippen LogP contribution in [0.4, 0.5) is 23.8 Å². The lowest BCUT2D eigenvalue weighted by Gasteiger charge is -2.39. The van der Waals surface area contributed by atoms with Crippen molar-refractivity contribution in [1.29, 1.82) is 0 Å². The number of nitrogens with one attached hydrogen (secondary N) is 1. The third-order valence-corrected chi connectivity index (χ3v) is 4.51. The lowest BCUT2D eigenvalue weighted by atomic mass is 9.84. The summed E-state index contributed by atoms with van der Waals surface area (Å²) in [6.07, 6.45) is 0.276. The fraction of sp³-hybridized carbons (Fsp3) is 0.312. The molecule has 2 heterocycles. The Labute approximate surface area is 151 Å². The Kier molecular flexibility index (Phi) is 5.17. The van der Waals surface area contributed by atoms with Crippen molar-refractivity contribution in [3.63, 3.8) is 0 Å². The van der Waals surface area contributed by atoms with Gasteiger partial charge in [0.1, 0.15) is 23.1 Å². The smallest absolute Gasteiger partial charge is 0.404 e. The minimum absolute atomic E-state index is 0.0666. The molecule has 138 valence electrons. The topological polar surface area (TPSA) is 78.4 Å². The van der Waals surface area contributed by atoms with E-state index in [2.05, 4.69) is 15.3 Å². The van der Waals surface area contributed by atoms with Crippen LogP contribution >= 0.6 is 11.6 Å². The number of hydrogen-bond donors (Lipinski definition) is 2. The highest BCUT2D eigenvalue weighted by Crippen LogP contribution is 2.33. The van der Waals surface area contributed by atoms with Gasteiger partial charge in [-0.3, -0.25) is 0 Å². The number of hydrogen-bond acceptors (Lipinski definition) is 4. The number of nitrogens with zero attached hydrogens (tertiary/aromatic N) is 3. The zero-order valence-corrected chi connectivity index (χ0v) is 14.1. The zero-order chi connectivity index (χ0) is 18.8. The summed E-state index contributed by atoms with van der Waals surface area (Å²) in [4.78, 5) is 20.8. The molecule has 0 bridgehead atoms. The molecule has 10 heteroatoms. The molecule has 6 nitrogen and oxygen atoms in total. The molecule has 3 rings (SSSR count). The number of carbonyl (C=O) groups is 1. The third kappa shape index (κ3) is 3.82. The second kappa shape index (κ2) is 7.36. The van der Waals surface area contributed by atoms with Crippen molar-refractivity contribution in [3.8, 4) is 0 Å². The van der Waals surface area contributed by atoms with Crippen molar-refractivity contribution in [2.45, 2.75) is 18.4 Å². The van der Waals surface area contributed by atoms with Crippen molar-refractivity contribution >= 4 is 23.5 Å². The first-order valence-electron chi connectivity index (χ1n) is 7.71. The average Bonchev–Trinajstić information content (AvgIpc) is 2.58. The zero-order valence-electron chi connectivity index (χ0n) is 13.3. The van der Waals surface area contributed by atoms with Gasteiger partial charge in [0.05, 0.1) is 6.04 Å². The summed E-state index contributed by atoms with van der Waals surface area (Å²) >= 11 is 5.85. The number of amides is 1. The highest BCUT2D eigenvalue weighted by atomic mass is 35.5. The van der Waals surface area contributed by atoms with Crippen molar-refractivity contribution in [2.75, 3.05) is 18.0 Å². The Morgan fingerprint density at radius 3 is 2.62 bits per heavy atom. The minimum Gasteiger partial charge on any atom is -0.465 e. The average molecular weight is 387 g/mol. The van der Waals surface area contributed by atoms with Gasteiger partial charge in [-0.15, -0.1) is 0 Å². The van der Waals surface area contributed by atoms with Crippen LogP contribution in [-0.4, -0.2) is 40.3 Å². The Morgan fingerprint density at radius 2 is 1.92 bits per heavy atom. The Hall–Kier alpha value is -2.55. The van der Waals surface area contributed by atoms with E-state index in [1.807, 2.05) is 0 Å². The van der Waals surface area contributed by atoms with Crippen LogP contribution in [0, 0.1) is 17.5 Å². The second-order valence-corrected chi connectivity index (χ2v) is 6.27. The largest absolute Gasteiger partial charge is 0.465 e. The van der Waals surface area contributed by atoms with E-state index >= 15 is 0 Å². The first-order valence-corrected chi connectivity index (χ1v) is 8.09. The molecule has 1 aliphatic rings. The molecule has 2 aromatic rings. The van der Waals surface area contributed by atoms with Crippen molar-refractivity contribution < 1.29 is 23.1 Å². The first kappa shape index (κ1) is 18.2. The van der Waals surface area contributed by atoms with Gasteiger partial charge in [-0.25, -0.2) is 27.9 Å². The monoisotopic (exact) mass is 386 g/mol. The van der Waals surface area contributed by atoms with Gasteiger partial charge < -0.3 is 15.3 Å². The van der Waals surface area contributed by atoms with Crippen LogP contribution in [0.2, 0.25) is 5.15 Å². The summed E-state index contributed by atoms with van der Waals surface area (Å²) in [6, 6.07) is 2.02. The number of piperidine rings is 1. The maximum Gasteiger partial charge on any atom is 0.404 e. The van der Waals surface area contributed by atoms with Gasteiger partial charge in [0, 0.05) is 31.1 Å². The fourth-order valence-corrected chi connectivity index (χ4v) is 3.30. The maximum absolute atomic E-state index is 14.2. The normalized spacial score (nSPS) is 20.1. The van der Waals surface area contributed by atoms with Crippen molar-refractivity contribution in [2.24, 2.45) is 0 Å². The molecule has 1 fully saturated rings. The van der Waals surface area contributed by atoms with E-state index in [4.69, 9.17) is 16.7 Å². The number of carboxylic acid groups (broad SMARTS) is 1. The first-order chi connectivity index (χ1) is 12.3. The van der Waals surface area contributed by atoms with E-state index in [0.717, 1.165) is 6.07 Å². The van der Waals surface area contributed by atoms with E-state index in [9.17, 15) is 18.0 Å². The summed E-state index contributed by atoms with van der Waals surface area (Å²) in [6.45, 7) is 0.553. The highest BCUT2D eigenvalue weighted by molar-refractivity contribution is 6.29. The fourth-order valence-electron chi connectivity index (χ4n) is 3.16. The molecule has 1 aliphatic heterocycles. The molecule has 0 aliphatic carbocycles. The standard InChI is InChI=1S/C16H14ClF3N4O2/c17-14-5-15(22-7-21-14)24-2-1-8(13(6-24)23-16(25)26)9-3-11(19)12(20)4-10(9)18/h3-5,7-8,13,23H,1-2,6H2,(H,25,26)/t8-,13+/m1/s1. The molecule has 26 heavy (non-hydrogen) atoms. The molecule has 0 radical (unpaired) electrons. The van der Waals surface area contributed by atoms with Crippen LogP contribution < -0.4 is 10.2 Å². The van der Waals surface area contributed by atoms with Gasteiger partial charge in [0.2, 0.25) is 0 Å².